The third kappa shape index (κ3) is 3.50. The maximum atomic E-state index is 4.44. The van der Waals surface area contributed by atoms with Gasteiger partial charge in [0.15, 0.2) is 0 Å². The van der Waals surface area contributed by atoms with Crippen molar-refractivity contribution < 1.29 is 0 Å². The summed E-state index contributed by atoms with van der Waals surface area (Å²) in [4.78, 5) is 12.7. The maximum Gasteiger partial charge on any atom is 0.204 e. The summed E-state index contributed by atoms with van der Waals surface area (Å²) in [5, 5.41) is 0. The molecule has 0 bridgehead atoms. The Bertz CT molecular complexity index is 592. The topological polar surface area (TPSA) is 38.7 Å². The Hall–Kier alpha value is -1.99. The third-order valence-corrected chi connectivity index (χ3v) is 3.04. The molecule has 2 aromatic rings. The van der Waals surface area contributed by atoms with Crippen LogP contribution in [0.15, 0.2) is 36.8 Å². The molecule has 0 atom stereocenters. The summed E-state index contributed by atoms with van der Waals surface area (Å²) in [7, 11) is -1.39. The first-order chi connectivity index (χ1) is 8.54. The summed E-state index contributed by atoms with van der Waals surface area (Å²) < 4.78 is 0. The summed E-state index contributed by atoms with van der Waals surface area (Å²) in [6.07, 6.45) is 5.28. The van der Waals surface area contributed by atoms with Gasteiger partial charge in [0.1, 0.15) is 8.07 Å². The van der Waals surface area contributed by atoms with Crippen molar-refractivity contribution in [1.29, 1.82) is 0 Å². The quantitative estimate of drug-likeness (QED) is 0.579. The Morgan fingerprint density at radius 3 is 2.61 bits per heavy atom. The zero-order chi connectivity index (χ0) is 13.0. The van der Waals surface area contributed by atoms with Crippen LogP contribution in [0.1, 0.15) is 5.82 Å². The van der Waals surface area contributed by atoms with Gasteiger partial charge in [-0.25, -0.2) is 9.97 Å². The van der Waals surface area contributed by atoms with Crippen molar-refractivity contribution in [3.63, 3.8) is 0 Å². The van der Waals surface area contributed by atoms with Gasteiger partial charge < -0.3 is 0 Å². The van der Waals surface area contributed by atoms with Crippen LogP contribution < -0.4 is 0 Å². The third-order valence-electron chi connectivity index (χ3n) is 2.16. The first-order valence-electron chi connectivity index (χ1n) is 5.81. The van der Waals surface area contributed by atoms with Gasteiger partial charge >= 0.3 is 0 Å². The molecule has 2 rings (SSSR count). The van der Waals surface area contributed by atoms with Crippen LogP contribution >= 0.6 is 0 Å². The lowest BCUT2D eigenvalue weighted by Crippen LogP contribution is -2.16. The fourth-order valence-corrected chi connectivity index (χ4v) is 1.82. The van der Waals surface area contributed by atoms with E-state index >= 15 is 0 Å². The van der Waals surface area contributed by atoms with E-state index in [0.717, 1.165) is 11.3 Å². The van der Waals surface area contributed by atoms with Crippen molar-refractivity contribution in [2.45, 2.75) is 19.6 Å². The molecule has 0 aliphatic carbocycles. The van der Waals surface area contributed by atoms with Crippen LogP contribution in [-0.4, -0.2) is 23.0 Å². The van der Waals surface area contributed by atoms with Crippen LogP contribution in [0, 0.1) is 11.5 Å². The largest absolute Gasteiger partial charge is 0.264 e. The predicted molar refractivity (Wildman–Crippen MR) is 75.5 cm³/mol. The van der Waals surface area contributed by atoms with E-state index in [0.29, 0.717) is 5.82 Å². The minimum absolute atomic E-state index is 0.582. The van der Waals surface area contributed by atoms with Gasteiger partial charge in [-0.2, -0.15) is 0 Å². The molecule has 0 aliphatic rings. The first kappa shape index (κ1) is 12.5. The van der Waals surface area contributed by atoms with Gasteiger partial charge in [-0.1, -0.05) is 19.6 Å². The smallest absolute Gasteiger partial charge is 0.204 e. The van der Waals surface area contributed by atoms with Crippen LogP contribution in [0.25, 0.3) is 11.3 Å². The van der Waals surface area contributed by atoms with E-state index < -0.39 is 8.07 Å². The molecule has 0 unspecified atom stereocenters. The van der Waals surface area contributed by atoms with Crippen molar-refractivity contribution in [1.82, 2.24) is 15.0 Å². The standard InChI is InChI=1S/C14H15N3Si/c1-18(2,3)10-7-14-16-9-6-13(17-14)12-5-4-8-15-11-12/h4-6,8-9,11H,1-3H3. The average Bonchev–Trinajstić information content (AvgIpc) is 2.37. The molecule has 2 heterocycles. The highest BCUT2D eigenvalue weighted by atomic mass is 28.3. The summed E-state index contributed by atoms with van der Waals surface area (Å²) in [5.41, 5.74) is 5.11. The number of rotatable bonds is 1. The summed E-state index contributed by atoms with van der Waals surface area (Å²) in [6.45, 7) is 6.60. The molecule has 0 amide bonds. The lowest BCUT2D eigenvalue weighted by atomic mass is 10.2. The minimum Gasteiger partial charge on any atom is -0.264 e. The molecule has 3 nitrogen and oxygen atoms in total. The Labute approximate surface area is 108 Å². The van der Waals surface area contributed by atoms with Gasteiger partial charge in [0, 0.05) is 24.2 Å². The van der Waals surface area contributed by atoms with Crippen molar-refractivity contribution in [2.24, 2.45) is 0 Å². The van der Waals surface area contributed by atoms with E-state index in [-0.39, 0.29) is 0 Å². The van der Waals surface area contributed by atoms with Gasteiger partial charge in [-0.15, -0.1) is 5.54 Å². The summed E-state index contributed by atoms with van der Waals surface area (Å²) in [5.74, 6) is 3.65. The SMILES string of the molecule is C[Si](C)(C)C#Cc1nccc(-c2cccnc2)n1. The van der Waals surface area contributed by atoms with Crippen LogP contribution in [0.4, 0.5) is 0 Å². The molecule has 0 N–H and O–H groups in total. The van der Waals surface area contributed by atoms with Crippen molar-refractivity contribution in [3.8, 4) is 22.7 Å². The number of nitrogens with zero attached hydrogens (tertiary/aromatic N) is 3. The van der Waals surface area contributed by atoms with Gasteiger partial charge in [-0.05, 0) is 24.1 Å². The monoisotopic (exact) mass is 253 g/mol. The van der Waals surface area contributed by atoms with Crippen molar-refractivity contribution in [2.75, 3.05) is 0 Å². The molecule has 0 saturated carbocycles. The first-order valence-corrected chi connectivity index (χ1v) is 9.31. The highest BCUT2D eigenvalue weighted by molar-refractivity contribution is 6.83. The van der Waals surface area contributed by atoms with Crippen molar-refractivity contribution in [3.05, 3.63) is 42.6 Å². The molecule has 18 heavy (non-hydrogen) atoms. The Kier molecular flexibility index (Phi) is 3.54. The molecule has 0 radical (unpaired) electrons. The zero-order valence-electron chi connectivity index (χ0n) is 10.8. The fraction of sp³-hybridized carbons (Fsp3) is 0.214. The van der Waals surface area contributed by atoms with Gasteiger partial charge in [0.05, 0.1) is 5.69 Å². The number of hydrogen-bond donors (Lipinski definition) is 0. The van der Waals surface area contributed by atoms with E-state index in [1.54, 1.807) is 18.6 Å². The van der Waals surface area contributed by atoms with Crippen LogP contribution in [0.2, 0.25) is 19.6 Å². The van der Waals surface area contributed by atoms with Crippen LogP contribution in [0.5, 0.6) is 0 Å². The van der Waals surface area contributed by atoms with E-state index in [4.69, 9.17) is 0 Å². The minimum atomic E-state index is -1.39. The molecule has 0 fully saturated rings. The second-order valence-electron chi connectivity index (χ2n) is 5.01. The van der Waals surface area contributed by atoms with Gasteiger partial charge in [-0.3, -0.25) is 4.98 Å². The lowest BCUT2D eigenvalue weighted by Gasteiger charge is -2.03. The summed E-state index contributed by atoms with van der Waals surface area (Å²) in [6, 6.07) is 5.74. The van der Waals surface area contributed by atoms with E-state index in [1.165, 1.54) is 0 Å². The molecule has 0 saturated heterocycles. The molecule has 4 heteroatoms. The zero-order valence-corrected chi connectivity index (χ0v) is 11.8. The van der Waals surface area contributed by atoms with E-state index in [2.05, 4.69) is 46.1 Å². The van der Waals surface area contributed by atoms with Gasteiger partial charge in [0.2, 0.25) is 5.82 Å². The lowest BCUT2D eigenvalue weighted by molar-refractivity contribution is 1.13. The highest BCUT2D eigenvalue weighted by Crippen LogP contribution is 2.13. The summed E-state index contributed by atoms with van der Waals surface area (Å²) >= 11 is 0. The average molecular weight is 253 g/mol. The van der Waals surface area contributed by atoms with Crippen LogP contribution in [0.3, 0.4) is 0 Å². The number of hydrogen-bond acceptors (Lipinski definition) is 3. The molecule has 2 aromatic heterocycles. The second-order valence-corrected chi connectivity index (χ2v) is 9.76. The molecule has 90 valence electrons. The Balaban J connectivity index is 2.34. The van der Waals surface area contributed by atoms with Gasteiger partial charge in [0.25, 0.3) is 0 Å². The molecule has 0 aromatic carbocycles. The normalized spacial score (nSPS) is 10.6. The molecular formula is C14H15N3Si. The number of aromatic nitrogens is 3. The molecular weight excluding hydrogens is 238 g/mol. The van der Waals surface area contributed by atoms with E-state index in [1.807, 2.05) is 18.2 Å². The number of pyridine rings is 1. The van der Waals surface area contributed by atoms with Crippen molar-refractivity contribution >= 4 is 8.07 Å². The fourth-order valence-electron chi connectivity index (χ4n) is 1.34. The second kappa shape index (κ2) is 5.11. The molecule has 0 spiro atoms. The van der Waals surface area contributed by atoms with Crippen LogP contribution in [-0.2, 0) is 0 Å². The highest BCUT2D eigenvalue weighted by Gasteiger charge is 2.08. The predicted octanol–water partition coefficient (Wildman–Crippen LogP) is 2.77. The molecule has 0 aliphatic heterocycles. The Morgan fingerprint density at radius 1 is 1.11 bits per heavy atom. The maximum absolute atomic E-state index is 4.44. The Morgan fingerprint density at radius 2 is 1.94 bits per heavy atom. The van der Waals surface area contributed by atoms with E-state index in [9.17, 15) is 0 Å².